The van der Waals surface area contributed by atoms with E-state index in [2.05, 4.69) is 29.6 Å². The van der Waals surface area contributed by atoms with Gasteiger partial charge in [-0.15, -0.1) is 0 Å². The number of nitrogens with one attached hydrogen (secondary N) is 1. The Morgan fingerprint density at radius 2 is 1.36 bits per heavy atom. The standard InChI is InChI=1S/C26H33NO6/c1-26(2,3)33-25(32)27-22(24(30)31)17-20(23(28)29)15-10-16-21(18-11-6-4-7-12-18)19-13-8-5-9-14-19/h4-9,11-14,20-22H,10,15-17H2,1-3H3,(H,27,32)(H,28,29)(H,30,31)/t20-,22+/m1/s1. The van der Waals surface area contributed by atoms with E-state index in [1.807, 2.05) is 36.4 Å². The molecule has 0 radical (unpaired) electrons. The summed E-state index contributed by atoms with van der Waals surface area (Å²) in [6.07, 6.45) is 0.503. The molecule has 0 fully saturated rings. The third-order valence-electron chi connectivity index (χ3n) is 5.31. The maximum atomic E-state index is 12.0. The first-order chi connectivity index (χ1) is 15.6. The number of benzene rings is 2. The van der Waals surface area contributed by atoms with Crippen molar-refractivity contribution in [1.29, 1.82) is 0 Å². The van der Waals surface area contributed by atoms with Gasteiger partial charge in [0.2, 0.25) is 0 Å². The molecule has 178 valence electrons. The molecule has 0 saturated carbocycles. The van der Waals surface area contributed by atoms with Crippen molar-refractivity contribution in [3.05, 3.63) is 71.8 Å². The molecule has 0 bridgehead atoms. The summed E-state index contributed by atoms with van der Waals surface area (Å²) in [5, 5.41) is 21.5. The van der Waals surface area contributed by atoms with Gasteiger partial charge >= 0.3 is 18.0 Å². The highest BCUT2D eigenvalue weighted by Gasteiger charge is 2.30. The van der Waals surface area contributed by atoms with E-state index in [0.29, 0.717) is 12.8 Å². The lowest BCUT2D eigenvalue weighted by Crippen LogP contribution is -2.45. The normalized spacial score (nSPS) is 13.2. The average Bonchev–Trinajstić information content (AvgIpc) is 2.74. The van der Waals surface area contributed by atoms with Crippen LogP contribution in [0.25, 0.3) is 0 Å². The number of aliphatic carboxylic acids is 2. The maximum Gasteiger partial charge on any atom is 0.408 e. The molecule has 0 aliphatic heterocycles. The van der Waals surface area contributed by atoms with Crippen molar-refractivity contribution < 1.29 is 29.3 Å². The molecule has 2 aromatic rings. The van der Waals surface area contributed by atoms with Gasteiger partial charge < -0.3 is 20.3 Å². The van der Waals surface area contributed by atoms with Crippen molar-refractivity contribution >= 4 is 18.0 Å². The minimum absolute atomic E-state index is 0.108. The molecule has 3 N–H and O–H groups in total. The van der Waals surface area contributed by atoms with Crippen LogP contribution < -0.4 is 5.32 Å². The second-order valence-electron chi connectivity index (χ2n) is 9.11. The van der Waals surface area contributed by atoms with Gasteiger partial charge in [0, 0.05) is 5.92 Å². The Kier molecular flexibility index (Phi) is 9.45. The molecule has 0 saturated heterocycles. The second kappa shape index (κ2) is 12.0. The van der Waals surface area contributed by atoms with Crippen LogP contribution in [-0.4, -0.2) is 39.9 Å². The van der Waals surface area contributed by atoms with Crippen molar-refractivity contribution in [3.63, 3.8) is 0 Å². The molecule has 7 nitrogen and oxygen atoms in total. The predicted octanol–water partition coefficient (Wildman–Crippen LogP) is 5.06. The predicted molar refractivity (Wildman–Crippen MR) is 125 cm³/mol. The molecule has 0 aliphatic carbocycles. The van der Waals surface area contributed by atoms with Gasteiger partial charge in [-0.3, -0.25) is 4.79 Å². The van der Waals surface area contributed by atoms with E-state index in [1.165, 1.54) is 0 Å². The zero-order valence-electron chi connectivity index (χ0n) is 19.4. The highest BCUT2D eigenvalue weighted by atomic mass is 16.6. The van der Waals surface area contributed by atoms with E-state index in [9.17, 15) is 24.6 Å². The van der Waals surface area contributed by atoms with E-state index in [1.54, 1.807) is 20.8 Å². The second-order valence-corrected chi connectivity index (χ2v) is 9.11. The van der Waals surface area contributed by atoms with Crippen LogP contribution in [0.15, 0.2) is 60.7 Å². The smallest absolute Gasteiger partial charge is 0.408 e. The van der Waals surface area contributed by atoms with E-state index in [0.717, 1.165) is 17.5 Å². The lowest BCUT2D eigenvalue weighted by Gasteiger charge is -2.24. The molecular formula is C26H33NO6. The Hall–Kier alpha value is -3.35. The zero-order chi connectivity index (χ0) is 24.4. The minimum atomic E-state index is -1.35. The number of carbonyl (C=O) groups is 3. The number of carboxylic acid groups (broad SMARTS) is 2. The molecule has 0 unspecified atom stereocenters. The van der Waals surface area contributed by atoms with Crippen molar-refractivity contribution in [2.45, 2.75) is 64.0 Å². The first-order valence-electron chi connectivity index (χ1n) is 11.1. The molecule has 2 rings (SSSR count). The summed E-state index contributed by atoms with van der Waals surface area (Å²) in [4.78, 5) is 35.5. The van der Waals surface area contributed by atoms with Gasteiger partial charge in [0.1, 0.15) is 11.6 Å². The summed E-state index contributed by atoms with van der Waals surface area (Å²) in [5.74, 6) is -3.17. The fraction of sp³-hybridized carbons (Fsp3) is 0.423. The number of alkyl carbamates (subject to hydrolysis) is 1. The van der Waals surface area contributed by atoms with E-state index < -0.39 is 35.6 Å². The quantitative estimate of drug-likeness (QED) is 0.437. The first-order valence-corrected chi connectivity index (χ1v) is 11.1. The van der Waals surface area contributed by atoms with Crippen LogP contribution in [0.3, 0.4) is 0 Å². The third kappa shape index (κ3) is 8.96. The van der Waals surface area contributed by atoms with Gasteiger partial charge in [-0.25, -0.2) is 9.59 Å². The fourth-order valence-electron chi connectivity index (χ4n) is 3.76. The van der Waals surface area contributed by atoms with Crippen LogP contribution in [-0.2, 0) is 14.3 Å². The number of amides is 1. The molecule has 0 aromatic heterocycles. The largest absolute Gasteiger partial charge is 0.481 e. The number of carboxylic acids is 2. The van der Waals surface area contributed by atoms with Crippen LogP contribution in [0, 0.1) is 5.92 Å². The monoisotopic (exact) mass is 455 g/mol. The number of rotatable bonds is 11. The van der Waals surface area contributed by atoms with Gasteiger partial charge in [-0.05, 0) is 51.2 Å². The topological polar surface area (TPSA) is 113 Å². The Balaban J connectivity index is 2.05. The Morgan fingerprint density at radius 1 is 0.848 bits per heavy atom. The van der Waals surface area contributed by atoms with Crippen molar-refractivity contribution in [2.75, 3.05) is 0 Å². The number of hydrogen-bond acceptors (Lipinski definition) is 4. The fourth-order valence-corrected chi connectivity index (χ4v) is 3.76. The molecule has 0 spiro atoms. The lowest BCUT2D eigenvalue weighted by atomic mass is 9.85. The van der Waals surface area contributed by atoms with Crippen LogP contribution in [0.1, 0.15) is 63.5 Å². The lowest BCUT2D eigenvalue weighted by molar-refractivity contribution is -0.144. The van der Waals surface area contributed by atoms with Gasteiger partial charge in [0.15, 0.2) is 0 Å². The highest BCUT2D eigenvalue weighted by molar-refractivity contribution is 5.81. The van der Waals surface area contributed by atoms with Crippen LogP contribution in [0.5, 0.6) is 0 Å². The molecule has 1 amide bonds. The number of hydrogen-bond donors (Lipinski definition) is 3. The SMILES string of the molecule is CC(C)(C)OC(=O)N[C@@H](C[C@@H](CCCC(c1ccccc1)c1ccccc1)C(=O)O)C(=O)O. The number of carbonyl (C=O) groups excluding carboxylic acids is 1. The number of ether oxygens (including phenoxy) is 1. The van der Waals surface area contributed by atoms with Gasteiger partial charge in [0.25, 0.3) is 0 Å². The van der Waals surface area contributed by atoms with Gasteiger partial charge in [-0.2, -0.15) is 0 Å². The van der Waals surface area contributed by atoms with Crippen molar-refractivity contribution in [2.24, 2.45) is 5.92 Å². The van der Waals surface area contributed by atoms with Crippen LogP contribution >= 0.6 is 0 Å². The van der Waals surface area contributed by atoms with Crippen molar-refractivity contribution in [3.8, 4) is 0 Å². The molecule has 2 aromatic carbocycles. The van der Waals surface area contributed by atoms with Gasteiger partial charge in [0.05, 0.1) is 5.92 Å². The van der Waals surface area contributed by atoms with E-state index in [4.69, 9.17) is 4.74 Å². The Morgan fingerprint density at radius 3 is 1.79 bits per heavy atom. The van der Waals surface area contributed by atoms with Crippen LogP contribution in [0.4, 0.5) is 4.79 Å². The first kappa shape index (κ1) is 25.9. The van der Waals surface area contributed by atoms with Crippen molar-refractivity contribution in [1.82, 2.24) is 5.32 Å². The molecule has 0 aliphatic rings. The van der Waals surface area contributed by atoms with E-state index in [-0.39, 0.29) is 12.3 Å². The summed E-state index contributed by atoms with van der Waals surface area (Å²) in [6, 6.07) is 18.7. The van der Waals surface area contributed by atoms with E-state index >= 15 is 0 Å². The molecular weight excluding hydrogens is 422 g/mol. The zero-order valence-corrected chi connectivity index (χ0v) is 19.4. The highest BCUT2D eigenvalue weighted by Crippen LogP contribution is 2.31. The average molecular weight is 456 g/mol. The summed E-state index contributed by atoms with van der Waals surface area (Å²) < 4.78 is 5.11. The molecule has 7 heteroatoms. The third-order valence-corrected chi connectivity index (χ3v) is 5.31. The van der Waals surface area contributed by atoms with Crippen LogP contribution in [0.2, 0.25) is 0 Å². The van der Waals surface area contributed by atoms with Gasteiger partial charge in [-0.1, -0.05) is 67.1 Å². The Labute approximate surface area is 194 Å². The summed E-state index contributed by atoms with van der Waals surface area (Å²) in [7, 11) is 0. The minimum Gasteiger partial charge on any atom is -0.481 e. The summed E-state index contributed by atoms with van der Waals surface area (Å²) in [5.41, 5.74) is 1.50. The molecule has 2 atom stereocenters. The summed E-state index contributed by atoms with van der Waals surface area (Å²) >= 11 is 0. The maximum absolute atomic E-state index is 12.0. The molecule has 33 heavy (non-hydrogen) atoms. The Bertz CT molecular complexity index is 868. The summed E-state index contributed by atoms with van der Waals surface area (Å²) in [6.45, 7) is 4.99. The molecule has 0 heterocycles.